The molecule has 0 spiro atoms. The van der Waals surface area contributed by atoms with Crippen LogP contribution in [0.2, 0.25) is 5.02 Å². The molecule has 0 fully saturated rings. The van der Waals surface area contributed by atoms with Gasteiger partial charge in [0.1, 0.15) is 12.4 Å². The van der Waals surface area contributed by atoms with Crippen LogP contribution in [0.3, 0.4) is 0 Å². The van der Waals surface area contributed by atoms with Crippen LogP contribution in [0.25, 0.3) is 11.4 Å². The van der Waals surface area contributed by atoms with Crippen LogP contribution >= 0.6 is 11.6 Å². The van der Waals surface area contributed by atoms with Crippen molar-refractivity contribution in [1.29, 1.82) is 0 Å². The predicted molar refractivity (Wildman–Crippen MR) is 127 cm³/mol. The van der Waals surface area contributed by atoms with Crippen molar-refractivity contribution < 1.29 is 9.90 Å². The van der Waals surface area contributed by atoms with Crippen molar-refractivity contribution >= 4 is 17.5 Å². The fraction of sp³-hybridized carbons (Fsp3) is 0.320. The SMILES string of the molecule is Cc1nc(-c2cccc(Cl)c2)n(CC(=O)NCc2ccc(C(C)C)cc2)c(=O)c1CCO. The molecule has 0 saturated heterocycles. The average Bonchev–Trinajstić information content (AvgIpc) is 2.77. The Labute approximate surface area is 192 Å². The molecule has 0 saturated carbocycles. The number of nitrogens with one attached hydrogen (secondary N) is 1. The molecule has 3 aromatic rings. The smallest absolute Gasteiger partial charge is 0.257 e. The number of aryl methyl sites for hydroxylation is 1. The van der Waals surface area contributed by atoms with Crippen molar-refractivity contribution in [2.45, 2.75) is 46.2 Å². The Morgan fingerprint density at radius 2 is 1.91 bits per heavy atom. The average molecular weight is 454 g/mol. The van der Waals surface area contributed by atoms with Crippen molar-refractivity contribution in [2.24, 2.45) is 0 Å². The second-order valence-corrected chi connectivity index (χ2v) is 8.48. The monoisotopic (exact) mass is 453 g/mol. The van der Waals surface area contributed by atoms with E-state index in [1.165, 1.54) is 10.1 Å². The lowest BCUT2D eigenvalue weighted by molar-refractivity contribution is -0.121. The van der Waals surface area contributed by atoms with Crippen LogP contribution in [-0.4, -0.2) is 27.2 Å². The van der Waals surface area contributed by atoms with E-state index in [0.29, 0.717) is 40.1 Å². The van der Waals surface area contributed by atoms with E-state index >= 15 is 0 Å². The molecule has 1 aromatic heterocycles. The molecule has 0 radical (unpaired) electrons. The molecular weight excluding hydrogens is 426 g/mol. The summed E-state index contributed by atoms with van der Waals surface area (Å²) < 4.78 is 1.35. The second-order valence-electron chi connectivity index (χ2n) is 8.05. The van der Waals surface area contributed by atoms with Gasteiger partial charge < -0.3 is 10.4 Å². The normalized spacial score (nSPS) is 11.1. The topological polar surface area (TPSA) is 84.2 Å². The van der Waals surface area contributed by atoms with E-state index in [1.54, 1.807) is 31.2 Å². The molecule has 3 rings (SSSR count). The molecule has 2 N–H and O–H groups in total. The van der Waals surface area contributed by atoms with Gasteiger partial charge in [0.2, 0.25) is 5.91 Å². The van der Waals surface area contributed by atoms with E-state index in [4.69, 9.17) is 11.6 Å². The number of aliphatic hydroxyl groups is 1. The number of rotatable bonds is 8. The van der Waals surface area contributed by atoms with Gasteiger partial charge in [0.05, 0.1) is 0 Å². The fourth-order valence-electron chi connectivity index (χ4n) is 3.52. The van der Waals surface area contributed by atoms with E-state index in [-0.39, 0.29) is 31.0 Å². The van der Waals surface area contributed by atoms with Crippen LogP contribution in [0.4, 0.5) is 0 Å². The molecule has 0 bridgehead atoms. The fourth-order valence-corrected chi connectivity index (χ4v) is 3.71. The van der Waals surface area contributed by atoms with E-state index in [9.17, 15) is 14.7 Å². The van der Waals surface area contributed by atoms with Gasteiger partial charge in [0, 0.05) is 41.4 Å². The van der Waals surface area contributed by atoms with E-state index < -0.39 is 0 Å². The molecule has 0 aliphatic heterocycles. The Morgan fingerprint density at radius 3 is 2.53 bits per heavy atom. The number of hydrogen-bond acceptors (Lipinski definition) is 4. The Hall–Kier alpha value is -2.96. The van der Waals surface area contributed by atoms with Crippen LogP contribution in [0.15, 0.2) is 53.3 Å². The molecular formula is C25H28ClN3O3. The maximum Gasteiger partial charge on any atom is 0.257 e. The summed E-state index contributed by atoms with van der Waals surface area (Å²) in [6.45, 7) is 6.00. The zero-order valence-corrected chi connectivity index (χ0v) is 19.3. The Morgan fingerprint density at radius 1 is 1.19 bits per heavy atom. The predicted octanol–water partition coefficient (Wildman–Crippen LogP) is 3.85. The first-order valence-electron chi connectivity index (χ1n) is 10.6. The molecule has 2 aromatic carbocycles. The summed E-state index contributed by atoms with van der Waals surface area (Å²) >= 11 is 6.13. The molecule has 0 aliphatic carbocycles. The number of aromatic nitrogens is 2. The Balaban J connectivity index is 1.87. The minimum Gasteiger partial charge on any atom is -0.396 e. The first-order chi connectivity index (χ1) is 15.3. The number of aliphatic hydroxyl groups excluding tert-OH is 1. The van der Waals surface area contributed by atoms with Crippen molar-refractivity contribution in [1.82, 2.24) is 14.9 Å². The van der Waals surface area contributed by atoms with Crippen LogP contribution in [-0.2, 0) is 24.3 Å². The number of benzene rings is 2. The Bertz CT molecular complexity index is 1150. The molecule has 1 heterocycles. The van der Waals surface area contributed by atoms with Gasteiger partial charge in [-0.05, 0) is 36.1 Å². The van der Waals surface area contributed by atoms with E-state index in [0.717, 1.165) is 5.56 Å². The summed E-state index contributed by atoms with van der Waals surface area (Å²) in [5, 5.41) is 12.7. The third-order valence-electron chi connectivity index (χ3n) is 5.35. The van der Waals surface area contributed by atoms with Crippen molar-refractivity contribution in [3.8, 4) is 11.4 Å². The lowest BCUT2D eigenvalue weighted by atomic mass is 10.0. The quantitative estimate of drug-likeness (QED) is 0.542. The maximum absolute atomic E-state index is 13.2. The first-order valence-corrected chi connectivity index (χ1v) is 11.0. The van der Waals surface area contributed by atoms with Crippen molar-refractivity contribution in [3.63, 3.8) is 0 Å². The molecule has 0 aliphatic rings. The van der Waals surface area contributed by atoms with Gasteiger partial charge in [0.15, 0.2) is 0 Å². The maximum atomic E-state index is 13.2. The highest BCUT2D eigenvalue weighted by Crippen LogP contribution is 2.21. The zero-order valence-electron chi connectivity index (χ0n) is 18.6. The lowest BCUT2D eigenvalue weighted by Crippen LogP contribution is -2.35. The number of carbonyl (C=O) groups is 1. The lowest BCUT2D eigenvalue weighted by Gasteiger charge is -2.16. The highest BCUT2D eigenvalue weighted by atomic mass is 35.5. The van der Waals surface area contributed by atoms with Crippen LogP contribution in [0.1, 0.15) is 42.1 Å². The molecule has 32 heavy (non-hydrogen) atoms. The zero-order chi connectivity index (χ0) is 23.3. The summed E-state index contributed by atoms with van der Waals surface area (Å²) in [7, 11) is 0. The summed E-state index contributed by atoms with van der Waals surface area (Å²) in [6.07, 6.45) is 0.178. The molecule has 0 unspecified atom stereocenters. The standard InChI is InChI=1S/C25H28ClN3O3/c1-16(2)19-9-7-18(8-10-19)14-27-23(31)15-29-24(20-5-4-6-21(26)13-20)28-17(3)22(11-12-30)25(29)32/h4-10,13,16,30H,11-12,14-15H2,1-3H3,(H,27,31). The number of nitrogens with zero attached hydrogens (tertiary/aromatic N) is 2. The minimum atomic E-state index is -0.335. The van der Waals surface area contributed by atoms with Crippen molar-refractivity contribution in [3.05, 3.63) is 86.3 Å². The summed E-state index contributed by atoms with van der Waals surface area (Å²) in [5.41, 5.74) is 3.45. The van der Waals surface area contributed by atoms with Gasteiger partial charge in [-0.1, -0.05) is 61.8 Å². The highest BCUT2D eigenvalue weighted by Gasteiger charge is 2.18. The van der Waals surface area contributed by atoms with Crippen LogP contribution in [0, 0.1) is 6.92 Å². The van der Waals surface area contributed by atoms with Gasteiger partial charge in [-0.2, -0.15) is 0 Å². The largest absolute Gasteiger partial charge is 0.396 e. The minimum absolute atomic E-state index is 0.174. The van der Waals surface area contributed by atoms with Crippen molar-refractivity contribution in [2.75, 3.05) is 6.61 Å². The Kier molecular flexibility index (Phi) is 7.83. The second kappa shape index (κ2) is 10.6. The van der Waals surface area contributed by atoms with Gasteiger partial charge in [0.25, 0.3) is 5.56 Å². The number of amides is 1. The first kappa shape index (κ1) is 23.7. The van der Waals surface area contributed by atoms with Crippen LogP contribution in [0.5, 0.6) is 0 Å². The highest BCUT2D eigenvalue weighted by molar-refractivity contribution is 6.30. The molecule has 0 atom stereocenters. The summed E-state index contributed by atoms with van der Waals surface area (Å²) in [6, 6.07) is 15.1. The third kappa shape index (κ3) is 5.64. The molecule has 7 heteroatoms. The number of carbonyl (C=O) groups excluding carboxylic acids is 1. The van der Waals surface area contributed by atoms with Gasteiger partial charge in [-0.15, -0.1) is 0 Å². The van der Waals surface area contributed by atoms with E-state index in [1.807, 2.05) is 12.1 Å². The number of halogens is 1. The summed E-state index contributed by atoms with van der Waals surface area (Å²) in [5.74, 6) is 0.509. The molecule has 6 nitrogen and oxygen atoms in total. The summed E-state index contributed by atoms with van der Waals surface area (Å²) in [4.78, 5) is 30.5. The van der Waals surface area contributed by atoms with Crippen LogP contribution < -0.4 is 10.9 Å². The molecule has 168 valence electrons. The third-order valence-corrected chi connectivity index (χ3v) is 5.59. The van der Waals surface area contributed by atoms with Gasteiger partial charge in [-0.25, -0.2) is 4.98 Å². The van der Waals surface area contributed by atoms with E-state index in [2.05, 4.69) is 36.3 Å². The molecule has 1 amide bonds. The van der Waals surface area contributed by atoms with Gasteiger partial charge in [-0.3, -0.25) is 14.2 Å². The van der Waals surface area contributed by atoms with Gasteiger partial charge >= 0.3 is 0 Å². The number of hydrogen-bond donors (Lipinski definition) is 2.